The maximum atomic E-state index is 12.3. The fourth-order valence-corrected chi connectivity index (χ4v) is 4.34. The van der Waals surface area contributed by atoms with Crippen LogP contribution in [0, 0.1) is 5.92 Å². The van der Waals surface area contributed by atoms with E-state index in [0.29, 0.717) is 29.6 Å². The number of para-hydroxylation sites is 1. The number of rotatable bonds is 4. The van der Waals surface area contributed by atoms with Crippen molar-refractivity contribution < 1.29 is 9.53 Å². The summed E-state index contributed by atoms with van der Waals surface area (Å²) in [6.45, 7) is 0.486. The summed E-state index contributed by atoms with van der Waals surface area (Å²) in [4.78, 5) is 12.3. The van der Waals surface area contributed by atoms with Gasteiger partial charge in [0.1, 0.15) is 0 Å². The van der Waals surface area contributed by atoms with Crippen LogP contribution >= 0.6 is 11.6 Å². The second-order valence-corrected chi connectivity index (χ2v) is 7.69. The second-order valence-electron chi connectivity index (χ2n) is 7.25. The van der Waals surface area contributed by atoms with Gasteiger partial charge < -0.3 is 10.1 Å². The molecule has 0 aromatic heterocycles. The molecule has 5 heteroatoms. The molecule has 26 heavy (non-hydrogen) atoms. The Labute approximate surface area is 158 Å². The van der Waals surface area contributed by atoms with Crippen LogP contribution in [0.2, 0.25) is 5.02 Å². The van der Waals surface area contributed by atoms with Crippen LogP contribution in [0.4, 0.5) is 10.5 Å². The van der Waals surface area contributed by atoms with Crippen molar-refractivity contribution in [2.75, 3.05) is 11.9 Å². The molecule has 1 amide bonds. The molecule has 2 N–H and O–H groups in total. The van der Waals surface area contributed by atoms with Crippen LogP contribution in [0.5, 0.6) is 0 Å². The predicted molar refractivity (Wildman–Crippen MR) is 105 cm³/mol. The molecule has 0 aliphatic carbocycles. The van der Waals surface area contributed by atoms with Crippen LogP contribution in [-0.4, -0.2) is 24.8 Å². The minimum absolute atomic E-state index is 0.398. The van der Waals surface area contributed by atoms with Crippen LogP contribution in [-0.2, 0) is 4.74 Å². The number of benzene rings is 2. The lowest BCUT2D eigenvalue weighted by molar-refractivity contribution is 0.122. The van der Waals surface area contributed by atoms with E-state index < -0.39 is 6.09 Å². The summed E-state index contributed by atoms with van der Waals surface area (Å²) in [5.74, 6) is 0.461. The molecule has 2 fully saturated rings. The molecular weight excluding hydrogens is 348 g/mol. The Bertz CT molecular complexity index is 783. The van der Waals surface area contributed by atoms with Crippen LogP contribution in [0.3, 0.4) is 0 Å². The van der Waals surface area contributed by atoms with E-state index in [0.717, 1.165) is 29.7 Å². The number of anilines is 1. The third-order valence-corrected chi connectivity index (χ3v) is 5.56. The van der Waals surface area contributed by atoms with Crippen molar-refractivity contribution in [2.45, 2.75) is 37.8 Å². The molecule has 4 nitrogen and oxygen atoms in total. The van der Waals surface area contributed by atoms with Gasteiger partial charge in [0.25, 0.3) is 0 Å². The molecule has 4 rings (SSSR count). The molecule has 2 aliphatic rings. The third kappa shape index (κ3) is 4.02. The number of amides is 1. The van der Waals surface area contributed by atoms with E-state index in [-0.39, 0.29) is 0 Å². The summed E-state index contributed by atoms with van der Waals surface area (Å²) < 4.78 is 5.52. The first kappa shape index (κ1) is 17.4. The summed E-state index contributed by atoms with van der Waals surface area (Å²) in [5.41, 5.74) is 2.61. The third-order valence-electron chi connectivity index (χ3n) is 5.32. The van der Waals surface area contributed by atoms with Gasteiger partial charge in [0.2, 0.25) is 0 Å². The summed E-state index contributed by atoms with van der Waals surface area (Å²) in [5, 5.41) is 7.16. The van der Waals surface area contributed by atoms with Gasteiger partial charge in [0.15, 0.2) is 0 Å². The zero-order valence-corrected chi connectivity index (χ0v) is 15.3. The first-order chi connectivity index (χ1) is 12.7. The van der Waals surface area contributed by atoms with Crippen LogP contribution < -0.4 is 10.6 Å². The Morgan fingerprint density at radius 1 is 1.12 bits per heavy atom. The largest absolute Gasteiger partial charge is 0.449 e. The van der Waals surface area contributed by atoms with E-state index in [4.69, 9.17) is 16.3 Å². The summed E-state index contributed by atoms with van der Waals surface area (Å²) in [6.07, 6.45) is 4.30. The van der Waals surface area contributed by atoms with Crippen molar-refractivity contribution in [2.24, 2.45) is 5.92 Å². The maximum Gasteiger partial charge on any atom is 0.411 e. The monoisotopic (exact) mass is 370 g/mol. The summed E-state index contributed by atoms with van der Waals surface area (Å²) in [7, 11) is 0. The Kier molecular flexibility index (Phi) is 5.14. The summed E-state index contributed by atoms with van der Waals surface area (Å²) in [6, 6.07) is 16.5. The molecule has 2 bridgehead atoms. The standard InChI is InChI=1S/C21H23ClN2O2/c22-16-5-3-4-15(12-16)19-6-1-2-7-20(19)24-21(25)26-13-14-10-17-8-9-18(11-14)23-17/h1-7,12,14,17-18,23H,8-11,13H2,(H,24,25). The highest BCUT2D eigenvalue weighted by molar-refractivity contribution is 6.30. The molecule has 0 spiro atoms. The number of fused-ring (bicyclic) bond motifs is 2. The molecule has 2 heterocycles. The first-order valence-electron chi connectivity index (χ1n) is 9.22. The summed E-state index contributed by atoms with van der Waals surface area (Å²) >= 11 is 6.10. The lowest BCUT2D eigenvalue weighted by Crippen LogP contribution is -2.39. The molecule has 2 unspecified atom stereocenters. The van der Waals surface area contributed by atoms with Gasteiger partial charge in [0.05, 0.1) is 12.3 Å². The topological polar surface area (TPSA) is 50.4 Å². The van der Waals surface area contributed by atoms with Crippen molar-refractivity contribution in [3.8, 4) is 11.1 Å². The average Bonchev–Trinajstić information content (AvgIpc) is 2.98. The number of nitrogens with one attached hydrogen (secondary N) is 2. The average molecular weight is 371 g/mol. The Morgan fingerprint density at radius 3 is 2.65 bits per heavy atom. The fourth-order valence-electron chi connectivity index (χ4n) is 4.15. The van der Waals surface area contributed by atoms with Gasteiger partial charge >= 0.3 is 6.09 Å². The smallest absolute Gasteiger partial charge is 0.411 e. The van der Waals surface area contributed by atoms with E-state index in [9.17, 15) is 4.79 Å². The lowest BCUT2D eigenvalue weighted by atomic mass is 9.93. The fraction of sp³-hybridized carbons (Fsp3) is 0.381. The highest BCUT2D eigenvalue weighted by atomic mass is 35.5. The van der Waals surface area contributed by atoms with Gasteiger partial charge in [-0.2, -0.15) is 0 Å². The minimum Gasteiger partial charge on any atom is -0.449 e. The molecule has 136 valence electrons. The Balaban J connectivity index is 1.39. The van der Waals surface area contributed by atoms with Crippen LogP contribution in [0.1, 0.15) is 25.7 Å². The lowest BCUT2D eigenvalue weighted by Gasteiger charge is -2.28. The molecule has 2 aromatic carbocycles. The molecule has 2 aliphatic heterocycles. The van der Waals surface area contributed by atoms with E-state index in [1.54, 1.807) is 0 Å². The predicted octanol–water partition coefficient (Wildman–Crippen LogP) is 5.09. The van der Waals surface area contributed by atoms with Gasteiger partial charge in [0, 0.05) is 22.7 Å². The van der Waals surface area contributed by atoms with Crippen molar-refractivity contribution >= 4 is 23.4 Å². The van der Waals surface area contributed by atoms with Gasteiger partial charge in [-0.15, -0.1) is 0 Å². The molecule has 2 aromatic rings. The molecule has 2 atom stereocenters. The number of hydrogen-bond acceptors (Lipinski definition) is 3. The van der Waals surface area contributed by atoms with Crippen LogP contribution in [0.15, 0.2) is 48.5 Å². The van der Waals surface area contributed by atoms with E-state index >= 15 is 0 Å². The second kappa shape index (κ2) is 7.68. The highest BCUT2D eigenvalue weighted by Crippen LogP contribution is 2.32. The maximum absolute atomic E-state index is 12.3. The van der Waals surface area contributed by atoms with E-state index in [1.165, 1.54) is 12.8 Å². The highest BCUT2D eigenvalue weighted by Gasteiger charge is 2.33. The number of carbonyl (C=O) groups is 1. The zero-order valence-electron chi connectivity index (χ0n) is 14.6. The van der Waals surface area contributed by atoms with E-state index in [1.807, 2.05) is 48.5 Å². The van der Waals surface area contributed by atoms with Crippen molar-refractivity contribution in [3.63, 3.8) is 0 Å². The normalized spacial score (nSPS) is 24.3. The van der Waals surface area contributed by atoms with Crippen molar-refractivity contribution in [1.29, 1.82) is 0 Å². The number of halogens is 1. The number of hydrogen-bond donors (Lipinski definition) is 2. The molecule has 0 saturated carbocycles. The van der Waals surface area contributed by atoms with Crippen molar-refractivity contribution in [1.82, 2.24) is 5.32 Å². The van der Waals surface area contributed by atoms with Crippen LogP contribution in [0.25, 0.3) is 11.1 Å². The Morgan fingerprint density at radius 2 is 1.88 bits per heavy atom. The zero-order chi connectivity index (χ0) is 17.9. The quantitative estimate of drug-likeness (QED) is 0.788. The molecule has 0 radical (unpaired) electrons. The number of piperidine rings is 1. The van der Waals surface area contributed by atoms with Gasteiger partial charge in [-0.25, -0.2) is 4.79 Å². The molecule has 2 saturated heterocycles. The SMILES string of the molecule is O=C(Nc1ccccc1-c1cccc(Cl)c1)OCC1CC2CCC(C1)N2. The number of carbonyl (C=O) groups excluding carboxylic acids is 1. The first-order valence-corrected chi connectivity index (χ1v) is 9.60. The van der Waals surface area contributed by atoms with Gasteiger partial charge in [-0.3, -0.25) is 5.32 Å². The molecular formula is C21H23ClN2O2. The Hall–Kier alpha value is -2.04. The van der Waals surface area contributed by atoms with Crippen molar-refractivity contribution in [3.05, 3.63) is 53.6 Å². The van der Waals surface area contributed by atoms with Gasteiger partial charge in [-0.05, 0) is 55.4 Å². The number of ether oxygens (including phenoxy) is 1. The minimum atomic E-state index is -0.398. The van der Waals surface area contributed by atoms with E-state index in [2.05, 4.69) is 10.6 Å². The van der Waals surface area contributed by atoms with Gasteiger partial charge in [-0.1, -0.05) is 41.9 Å².